The molecule has 1 aliphatic heterocycles. The molecule has 12 nitrogen and oxygen atoms in total. The molecule has 14 heteroatoms. The summed E-state index contributed by atoms with van der Waals surface area (Å²) in [5.41, 5.74) is 4.92. The van der Waals surface area contributed by atoms with Gasteiger partial charge >= 0.3 is 0 Å². The van der Waals surface area contributed by atoms with Gasteiger partial charge in [-0.15, -0.1) is 0 Å². The third-order valence-electron chi connectivity index (χ3n) is 7.56. The summed E-state index contributed by atoms with van der Waals surface area (Å²) in [6, 6.07) is 3.90. The maximum Gasteiger partial charge on any atom is 0.263 e. The highest BCUT2D eigenvalue weighted by Crippen LogP contribution is 2.34. The number of hydrogen-bond acceptors (Lipinski definition) is 8. The van der Waals surface area contributed by atoms with Crippen LogP contribution in [0.25, 0.3) is 22.2 Å². The van der Waals surface area contributed by atoms with Gasteiger partial charge in [0.2, 0.25) is 5.91 Å². The second kappa shape index (κ2) is 10.9. The fourth-order valence-electron chi connectivity index (χ4n) is 5.91. The smallest absolute Gasteiger partial charge is 0.263 e. The van der Waals surface area contributed by atoms with Gasteiger partial charge < -0.3 is 30.9 Å². The van der Waals surface area contributed by atoms with Crippen molar-refractivity contribution < 1.29 is 19.1 Å². The summed E-state index contributed by atoms with van der Waals surface area (Å²) in [6.45, 7) is 11.2. The van der Waals surface area contributed by atoms with Crippen LogP contribution in [0.3, 0.4) is 0 Å². The minimum Gasteiger partial charge on any atom is -0.504 e. The van der Waals surface area contributed by atoms with Crippen LogP contribution in [-0.4, -0.2) is 60.2 Å². The Balaban J connectivity index is 1.51. The number of anilines is 2. The van der Waals surface area contributed by atoms with Gasteiger partial charge in [0.1, 0.15) is 23.8 Å². The van der Waals surface area contributed by atoms with E-state index in [2.05, 4.69) is 53.2 Å². The van der Waals surface area contributed by atoms with Gasteiger partial charge in [0, 0.05) is 49.0 Å². The van der Waals surface area contributed by atoms with E-state index in [1.165, 1.54) is 34.6 Å². The van der Waals surface area contributed by atoms with Gasteiger partial charge in [-0.1, -0.05) is 11.6 Å². The lowest BCUT2D eigenvalue weighted by molar-refractivity contribution is -0.116. The summed E-state index contributed by atoms with van der Waals surface area (Å²) in [5, 5.41) is 16.8. The maximum atomic E-state index is 14.6. The van der Waals surface area contributed by atoms with Crippen LogP contribution in [0.5, 0.6) is 5.75 Å². The van der Waals surface area contributed by atoms with Crippen molar-refractivity contribution in [2.24, 2.45) is 12.8 Å². The van der Waals surface area contributed by atoms with E-state index in [0.29, 0.717) is 30.4 Å². The Hall–Kier alpha value is -4.49. The normalized spacial score (nSPS) is 15.9. The average Bonchev–Trinajstić information content (AvgIpc) is 3.25. The molecule has 1 aromatic carbocycles. The Morgan fingerprint density at radius 3 is 2.48 bits per heavy atom. The van der Waals surface area contributed by atoms with E-state index < -0.39 is 34.5 Å². The third-order valence-corrected chi connectivity index (χ3v) is 7.86. The number of carbonyl (C=O) groups is 2. The van der Waals surface area contributed by atoms with Crippen LogP contribution in [0, 0.1) is 12.7 Å². The first kappa shape index (κ1) is 31.0. The molecule has 0 aliphatic carbocycles. The number of phenols is 1. The van der Waals surface area contributed by atoms with Crippen molar-refractivity contribution >= 4 is 46.0 Å². The molecule has 1 aliphatic rings. The molecule has 0 spiro atoms. The fraction of sp³-hybridized carbons (Fsp3) is 0.367. The third kappa shape index (κ3) is 5.84. The number of primary amides is 1. The van der Waals surface area contributed by atoms with Crippen molar-refractivity contribution in [3.05, 3.63) is 63.2 Å². The molecule has 4 aromatic rings. The Labute approximate surface area is 257 Å². The summed E-state index contributed by atoms with van der Waals surface area (Å²) >= 11 is 6.44. The lowest BCUT2D eigenvalue weighted by Crippen LogP contribution is -2.67. The molecule has 1 fully saturated rings. The van der Waals surface area contributed by atoms with Crippen molar-refractivity contribution in [3.63, 3.8) is 0 Å². The number of pyridine rings is 1. The number of nitrogens with zero attached hydrogens (tertiary/aromatic N) is 5. The number of piperazine rings is 1. The second-order valence-electron chi connectivity index (χ2n) is 12.4. The molecular weight excluding hydrogens is 591 g/mol. The number of halogens is 2. The molecule has 0 saturated carbocycles. The van der Waals surface area contributed by atoms with Crippen molar-refractivity contribution in [2.45, 2.75) is 52.2 Å². The average molecular weight is 625 g/mol. The molecule has 1 saturated heterocycles. The van der Waals surface area contributed by atoms with E-state index in [1.807, 2.05) is 0 Å². The summed E-state index contributed by atoms with van der Waals surface area (Å²) in [7, 11) is 1.54. The summed E-state index contributed by atoms with van der Waals surface area (Å²) < 4.78 is 17.4. The number of carbonyl (C=O) groups excluding carboxylic acids is 2. The fourth-order valence-corrected chi connectivity index (χ4v) is 6.06. The number of hydrogen-bond donors (Lipinski definition) is 4. The number of aromatic hydroxyl groups is 1. The Morgan fingerprint density at radius 1 is 1.18 bits per heavy atom. The van der Waals surface area contributed by atoms with Crippen molar-refractivity contribution in [2.75, 3.05) is 23.3 Å². The minimum absolute atomic E-state index is 0.0968. The monoisotopic (exact) mass is 624 g/mol. The van der Waals surface area contributed by atoms with Crippen LogP contribution in [0.1, 0.15) is 43.9 Å². The molecule has 0 bridgehead atoms. The molecule has 232 valence electrons. The van der Waals surface area contributed by atoms with E-state index >= 15 is 0 Å². The highest BCUT2D eigenvalue weighted by atomic mass is 35.5. The van der Waals surface area contributed by atoms with Gasteiger partial charge in [0.15, 0.2) is 11.6 Å². The number of aromatic nitrogens is 4. The molecular formula is C30H34ClFN8O4. The molecule has 0 unspecified atom stereocenters. The molecule has 0 radical (unpaired) electrons. The molecule has 44 heavy (non-hydrogen) atoms. The zero-order valence-electron chi connectivity index (χ0n) is 25.2. The predicted molar refractivity (Wildman–Crippen MR) is 167 cm³/mol. The first-order valence-electron chi connectivity index (χ1n) is 13.9. The van der Waals surface area contributed by atoms with Crippen LogP contribution >= 0.6 is 11.6 Å². The number of nitrogens with one attached hydrogen (secondary N) is 2. The van der Waals surface area contributed by atoms with Gasteiger partial charge in [-0.2, -0.15) is 0 Å². The highest BCUT2D eigenvalue weighted by molar-refractivity contribution is 6.33. The molecule has 2 amide bonds. The van der Waals surface area contributed by atoms with Crippen LogP contribution in [0.2, 0.25) is 5.02 Å². The summed E-state index contributed by atoms with van der Waals surface area (Å²) in [4.78, 5) is 49.8. The maximum absolute atomic E-state index is 14.6. The Bertz CT molecular complexity index is 1880. The molecule has 4 heterocycles. The minimum atomic E-state index is -1.09. The van der Waals surface area contributed by atoms with E-state index in [-0.39, 0.29) is 44.8 Å². The van der Waals surface area contributed by atoms with Crippen molar-refractivity contribution in [1.82, 2.24) is 24.4 Å². The van der Waals surface area contributed by atoms with Crippen molar-refractivity contribution in [1.29, 1.82) is 0 Å². The highest BCUT2D eigenvalue weighted by Gasteiger charge is 2.37. The predicted octanol–water partition coefficient (Wildman–Crippen LogP) is 3.31. The molecule has 5 rings (SSSR count). The zero-order valence-corrected chi connectivity index (χ0v) is 26.0. The van der Waals surface area contributed by atoms with E-state index in [0.717, 1.165) is 6.07 Å². The number of aryl methyl sites for hydroxylation is 1. The lowest BCUT2D eigenvalue weighted by atomic mass is 9.91. The Kier molecular flexibility index (Phi) is 7.67. The van der Waals surface area contributed by atoms with E-state index in [9.17, 15) is 23.9 Å². The topological polar surface area (TPSA) is 160 Å². The number of amides is 2. The number of benzene rings is 1. The lowest BCUT2D eigenvalue weighted by Gasteiger charge is -2.48. The van der Waals surface area contributed by atoms with E-state index in [4.69, 9.17) is 17.3 Å². The van der Waals surface area contributed by atoms with Gasteiger partial charge in [-0.3, -0.25) is 19.0 Å². The van der Waals surface area contributed by atoms with E-state index in [1.54, 1.807) is 13.0 Å². The second-order valence-corrected chi connectivity index (χ2v) is 12.8. The number of nitrogens with two attached hydrogens (primary N) is 1. The van der Waals surface area contributed by atoms with Gasteiger partial charge in [0.05, 0.1) is 27.9 Å². The summed E-state index contributed by atoms with van der Waals surface area (Å²) in [6.07, 6.45) is 2.96. The first-order chi connectivity index (χ1) is 20.5. The number of fused-ring (bicyclic) bond motifs is 1. The molecule has 5 N–H and O–H groups in total. The van der Waals surface area contributed by atoms with Crippen LogP contribution in [-0.2, 0) is 18.4 Å². The molecule has 0 atom stereocenters. The number of rotatable bonds is 6. The summed E-state index contributed by atoms with van der Waals surface area (Å²) in [5.74, 6) is -2.47. The quantitative estimate of drug-likeness (QED) is 0.254. The Morgan fingerprint density at radius 2 is 1.84 bits per heavy atom. The van der Waals surface area contributed by atoms with Crippen LogP contribution in [0.4, 0.5) is 15.9 Å². The first-order valence-corrected chi connectivity index (χ1v) is 14.2. The van der Waals surface area contributed by atoms with Crippen LogP contribution < -0.4 is 26.8 Å². The van der Waals surface area contributed by atoms with Crippen LogP contribution in [0.15, 0.2) is 35.4 Å². The van der Waals surface area contributed by atoms with Crippen molar-refractivity contribution in [3.8, 4) is 16.9 Å². The standard InChI is InChI=1S/C30H34ClFN8O4/c1-15-35-27-24(28(44)38(15)6)18(16-7-17(26(33)43)25(42)20(32)8-16)11-39(27)12-23(41)36-21-9-22(34-10-19(21)31)40-13-29(2,3)37-30(4,5)14-40/h7-11,37,42H,12-14H2,1-6H3,(H2,33,43)(H,34,36,41). The largest absolute Gasteiger partial charge is 0.504 e. The molecule has 3 aromatic heterocycles. The van der Waals surface area contributed by atoms with Gasteiger partial charge in [0.25, 0.3) is 11.5 Å². The zero-order chi connectivity index (χ0) is 32.3. The SMILES string of the molecule is Cc1nc2c(c(-c3cc(F)c(O)c(C(N)=O)c3)cn2CC(=O)Nc2cc(N3CC(C)(C)NC(C)(C)C3)ncc2Cl)c(=O)n1C. The van der Waals surface area contributed by atoms with Gasteiger partial charge in [-0.05, 0) is 52.3 Å². The van der Waals surface area contributed by atoms with Gasteiger partial charge in [-0.25, -0.2) is 14.4 Å².